The van der Waals surface area contributed by atoms with Crippen molar-refractivity contribution in [1.82, 2.24) is 21.3 Å². The van der Waals surface area contributed by atoms with E-state index in [4.69, 9.17) is 14.0 Å². The molecule has 49 heavy (non-hydrogen) atoms. The SMILES string of the molecule is COC[C@H]1O[C@@H](C2C=C(/C=C/C(=O)NCCCCCCCC(=O)CCCCC3SCC4NC(=O)NC43)C(=O)NC2=O)CC1OP(=O)(O)OC. The number of hydrogen-bond acceptors (Lipinski definition) is 11. The predicted molar refractivity (Wildman–Crippen MR) is 180 cm³/mol. The first-order chi connectivity index (χ1) is 23.5. The van der Waals surface area contributed by atoms with E-state index in [9.17, 15) is 33.4 Å². The number of fused-ring (bicyclic) bond motifs is 1. The smallest absolute Gasteiger partial charge is 0.382 e. The molecule has 0 aromatic rings. The van der Waals surface area contributed by atoms with Gasteiger partial charge in [0.05, 0.1) is 30.7 Å². The zero-order valence-corrected chi connectivity index (χ0v) is 29.8. The van der Waals surface area contributed by atoms with Gasteiger partial charge in [0.2, 0.25) is 11.8 Å². The molecule has 4 heterocycles. The maximum atomic E-state index is 12.6. The fourth-order valence-electron chi connectivity index (χ4n) is 6.48. The molecule has 5 N–H and O–H groups in total. The van der Waals surface area contributed by atoms with Crippen LogP contribution in [0.1, 0.15) is 70.6 Å². The molecule has 0 bridgehead atoms. The third kappa shape index (κ3) is 12.0. The number of phosphoric ester groups is 1. The van der Waals surface area contributed by atoms with E-state index in [1.807, 2.05) is 11.8 Å². The molecular weight excluding hydrogens is 679 g/mol. The number of Topliss-reactive ketones (excluding diaryl/α,β-unsaturated/α-hetero) is 1. The minimum Gasteiger partial charge on any atom is -0.382 e. The van der Waals surface area contributed by atoms with Crippen LogP contribution < -0.4 is 21.3 Å². The number of urea groups is 1. The van der Waals surface area contributed by atoms with Crippen molar-refractivity contribution in [2.45, 2.75) is 106 Å². The molecule has 4 rings (SSSR count). The zero-order chi connectivity index (χ0) is 35.4. The molecule has 4 aliphatic heterocycles. The first kappa shape index (κ1) is 39.2. The van der Waals surface area contributed by atoms with E-state index >= 15 is 0 Å². The number of phosphoric acid groups is 1. The van der Waals surface area contributed by atoms with Gasteiger partial charge in [-0.25, -0.2) is 9.36 Å². The summed E-state index contributed by atoms with van der Waals surface area (Å²) in [6, 6.07) is 0.371. The average molecular weight is 729 g/mol. The monoisotopic (exact) mass is 728 g/mol. The lowest BCUT2D eigenvalue weighted by Crippen LogP contribution is -2.44. The lowest BCUT2D eigenvalue weighted by atomic mass is 9.92. The van der Waals surface area contributed by atoms with E-state index < -0.39 is 43.9 Å². The molecule has 0 spiro atoms. The summed E-state index contributed by atoms with van der Waals surface area (Å²) in [6.07, 6.45) is 10.2. The van der Waals surface area contributed by atoms with Gasteiger partial charge in [0.1, 0.15) is 18.0 Å². The highest BCUT2D eigenvalue weighted by atomic mass is 32.2. The van der Waals surface area contributed by atoms with Crippen molar-refractivity contribution in [2.75, 3.05) is 33.1 Å². The molecule has 8 atom stereocenters. The Hall–Kier alpha value is -2.59. The topological polar surface area (TPSA) is 208 Å². The first-order valence-corrected chi connectivity index (χ1v) is 19.5. The van der Waals surface area contributed by atoms with Gasteiger partial charge in [0, 0.05) is 62.7 Å². The van der Waals surface area contributed by atoms with Crippen LogP contribution in [0.4, 0.5) is 4.79 Å². The number of ether oxygens (including phenoxy) is 2. The van der Waals surface area contributed by atoms with Crippen LogP contribution in [0.3, 0.4) is 0 Å². The molecule has 17 heteroatoms. The summed E-state index contributed by atoms with van der Waals surface area (Å²) < 4.78 is 32.7. The van der Waals surface area contributed by atoms with Crippen LogP contribution in [0.2, 0.25) is 0 Å². The van der Waals surface area contributed by atoms with Crippen LogP contribution in [0.5, 0.6) is 0 Å². The fourth-order valence-corrected chi connectivity index (χ4v) is 8.68. The molecular formula is C32H49N4O11PS. The number of unbranched alkanes of at least 4 members (excludes halogenated alkanes) is 5. The summed E-state index contributed by atoms with van der Waals surface area (Å²) in [5.74, 6) is -1.29. The number of hydrogen-bond donors (Lipinski definition) is 5. The number of thioether (sulfide) groups is 1. The van der Waals surface area contributed by atoms with Gasteiger partial charge in [-0.2, -0.15) is 11.8 Å². The Morgan fingerprint density at radius 1 is 1.08 bits per heavy atom. The third-order valence-electron chi connectivity index (χ3n) is 9.10. The minimum atomic E-state index is -4.33. The highest BCUT2D eigenvalue weighted by molar-refractivity contribution is 8.00. The second-order valence-electron chi connectivity index (χ2n) is 12.7. The summed E-state index contributed by atoms with van der Waals surface area (Å²) in [7, 11) is -1.86. The van der Waals surface area contributed by atoms with Gasteiger partial charge >= 0.3 is 13.9 Å². The molecule has 0 saturated carbocycles. The summed E-state index contributed by atoms with van der Waals surface area (Å²) in [4.78, 5) is 70.9. The molecule has 3 fully saturated rings. The van der Waals surface area contributed by atoms with E-state index in [2.05, 4.69) is 25.8 Å². The van der Waals surface area contributed by atoms with E-state index in [0.717, 1.165) is 64.2 Å². The van der Waals surface area contributed by atoms with Crippen LogP contribution in [0.25, 0.3) is 0 Å². The second kappa shape index (κ2) is 19.1. The molecule has 4 aliphatic rings. The van der Waals surface area contributed by atoms with Crippen molar-refractivity contribution in [1.29, 1.82) is 0 Å². The van der Waals surface area contributed by atoms with Crippen molar-refractivity contribution in [3.05, 3.63) is 23.8 Å². The van der Waals surface area contributed by atoms with Crippen LogP contribution in [-0.4, -0.2) is 103 Å². The van der Waals surface area contributed by atoms with E-state index in [1.165, 1.54) is 25.3 Å². The molecule has 6 unspecified atom stereocenters. The molecule has 274 valence electrons. The number of carbonyl (C=O) groups is 5. The number of carbonyl (C=O) groups excluding carboxylic acids is 5. The highest BCUT2D eigenvalue weighted by Gasteiger charge is 2.46. The Morgan fingerprint density at radius 3 is 2.57 bits per heavy atom. The summed E-state index contributed by atoms with van der Waals surface area (Å²) in [5.41, 5.74) is 0.109. The normalized spacial score (nSPS) is 29.2. The maximum absolute atomic E-state index is 12.6. The van der Waals surface area contributed by atoms with Gasteiger partial charge in [-0.15, -0.1) is 0 Å². The Morgan fingerprint density at radius 2 is 1.82 bits per heavy atom. The summed E-state index contributed by atoms with van der Waals surface area (Å²) >= 11 is 1.90. The Bertz CT molecular complexity index is 1310. The lowest BCUT2D eigenvalue weighted by Gasteiger charge is -2.24. The number of nitrogens with one attached hydrogen (secondary N) is 4. The molecule has 0 aromatic carbocycles. The van der Waals surface area contributed by atoms with Crippen LogP contribution in [0, 0.1) is 5.92 Å². The van der Waals surface area contributed by atoms with Gasteiger partial charge in [0.15, 0.2) is 0 Å². The highest BCUT2D eigenvalue weighted by Crippen LogP contribution is 2.47. The summed E-state index contributed by atoms with van der Waals surface area (Å²) in [5, 5.41) is 11.4. The molecule has 0 aliphatic carbocycles. The van der Waals surface area contributed by atoms with Crippen molar-refractivity contribution in [3.8, 4) is 0 Å². The predicted octanol–water partition coefficient (Wildman–Crippen LogP) is 2.43. The number of imide groups is 1. The summed E-state index contributed by atoms with van der Waals surface area (Å²) in [6.45, 7) is 0.502. The molecule has 5 amide bonds. The Balaban J connectivity index is 1.07. The van der Waals surface area contributed by atoms with Gasteiger partial charge in [-0.05, 0) is 31.8 Å². The zero-order valence-electron chi connectivity index (χ0n) is 28.1. The number of rotatable bonds is 21. The van der Waals surface area contributed by atoms with Gasteiger partial charge in [-0.1, -0.05) is 31.8 Å². The van der Waals surface area contributed by atoms with Crippen LogP contribution in [0.15, 0.2) is 23.8 Å². The standard InChI is InChI=1S/C32H49N4O11PS/c1-44-18-26-25(47-48(42,43)45-2)17-24(46-26)22-16-20(30(39)36-31(22)40)13-14-28(38)33-15-9-5-3-4-6-10-21(37)11-7-8-12-27-29-23(19-49-27)34-32(41)35-29/h13-14,16,22-27,29H,3-12,15,17-19H2,1-2H3,(H,33,38)(H,42,43)(H2,34,35,41)(H,36,39,40)/b14-13+/t22?,23?,24-,25?,26-,27?,29?/m1/s1. The van der Waals surface area contributed by atoms with E-state index in [-0.39, 0.29) is 42.6 Å². The van der Waals surface area contributed by atoms with Crippen LogP contribution >= 0.6 is 19.6 Å². The molecule has 0 aromatic heterocycles. The van der Waals surface area contributed by atoms with E-state index in [0.29, 0.717) is 30.4 Å². The third-order valence-corrected chi connectivity index (χ3v) is 11.6. The van der Waals surface area contributed by atoms with Crippen molar-refractivity contribution >= 4 is 49.1 Å². The number of amides is 5. The number of ketones is 1. The lowest BCUT2D eigenvalue weighted by molar-refractivity contribution is -0.134. The van der Waals surface area contributed by atoms with Crippen LogP contribution in [-0.2, 0) is 42.3 Å². The van der Waals surface area contributed by atoms with Crippen molar-refractivity contribution < 1.29 is 52.0 Å². The minimum absolute atomic E-state index is 0.0402. The Labute approximate surface area is 291 Å². The quantitative estimate of drug-likeness (QED) is 0.0380. The molecule has 3 saturated heterocycles. The van der Waals surface area contributed by atoms with E-state index in [1.54, 1.807) is 0 Å². The van der Waals surface area contributed by atoms with Gasteiger partial charge < -0.3 is 30.3 Å². The van der Waals surface area contributed by atoms with Gasteiger partial charge in [-0.3, -0.25) is 33.5 Å². The maximum Gasteiger partial charge on any atom is 0.472 e. The molecule has 0 radical (unpaired) electrons. The fraction of sp³-hybridized carbons (Fsp3) is 0.719. The van der Waals surface area contributed by atoms with Gasteiger partial charge in [0.25, 0.3) is 5.91 Å². The average Bonchev–Trinajstić information content (AvgIpc) is 3.74. The molecule has 15 nitrogen and oxygen atoms in total. The van der Waals surface area contributed by atoms with Crippen molar-refractivity contribution in [2.24, 2.45) is 5.92 Å². The first-order valence-electron chi connectivity index (χ1n) is 16.9. The Kier molecular flexibility index (Phi) is 15.3. The second-order valence-corrected chi connectivity index (χ2v) is 15.5. The number of methoxy groups -OCH3 is 1. The largest absolute Gasteiger partial charge is 0.472 e. The van der Waals surface area contributed by atoms with Crippen molar-refractivity contribution in [3.63, 3.8) is 0 Å².